The number of phenolic OH excluding ortho intramolecular Hbond substituents is 1. The maximum atomic E-state index is 10.4. The largest absolute Gasteiger partial charge is 0.507 e. The van der Waals surface area contributed by atoms with E-state index in [1.807, 2.05) is 16.8 Å². The van der Waals surface area contributed by atoms with Crippen molar-refractivity contribution in [2.45, 2.75) is 31.2 Å². The van der Waals surface area contributed by atoms with E-state index in [4.69, 9.17) is 0 Å². The molecule has 1 aliphatic carbocycles. The van der Waals surface area contributed by atoms with Crippen LogP contribution in [0.3, 0.4) is 0 Å². The Morgan fingerprint density at radius 3 is 2.85 bits per heavy atom. The summed E-state index contributed by atoms with van der Waals surface area (Å²) in [5.41, 5.74) is 3.91. The van der Waals surface area contributed by atoms with Gasteiger partial charge in [-0.25, -0.2) is 9.97 Å². The van der Waals surface area contributed by atoms with Gasteiger partial charge >= 0.3 is 0 Å². The Labute approximate surface area is 156 Å². The minimum Gasteiger partial charge on any atom is -0.507 e. The molecule has 3 heterocycles. The van der Waals surface area contributed by atoms with Crippen molar-refractivity contribution in [3.05, 3.63) is 54.4 Å². The summed E-state index contributed by atoms with van der Waals surface area (Å²) in [6.45, 7) is 1.03. The second kappa shape index (κ2) is 6.28. The lowest BCUT2D eigenvalue weighted by Gasteiger charge is -2.25. The van der Waals surface area contributed by atoms with Crippen LogP contribution in [0.25, 0.3) is 23.2 Å². The highest BCUT2D eigenvalue weighted by molar-refractivity contribution is 5.66. The normalized spacial score (nSPS) is 19.5. The number of hydrogen-bond donors (Lipinski definition) is 2. The first-order valence-corrected chi connectivity index (χ1v) is 9.17. The summed E-state index contributed by atoms with van der Waals surface area (Å²) in [7, 11) is 0. The number of imidazole rings is 1. The summed E-state index contributed by atoms with van der Waals surface area (Å²) in [5, 5.41) is 22.5. The standard InChI is InChI=1S/C20H20N6O/c27-18-10-16(26-8-7-21-13-26)1-2-17(18)19-22-12-15(24-25-19)9-14-3-6-23-20(11-14)4-5-20/h1-2,7-10,12-13,23,27H,3-6,11H2. The Morgan fingerprint density at radius 2 is 2.15 bits per heavy atom. The lowest BCUT2D eigenvalue weighted by atomic mass is 9.96. The third-order valence-corrected chi connectivity index (χ3v) is 5.32. The zero-order valence-corrected chi connectivity index (χ0v) is 14.8. The quantitative estimate of drug-likeness (QED) is 0.747. The molecule has 5 rings (SSSR count). The molecular formula is C20H20N6O. The number of nitrogens with one attached hydrogen (secondary N) is 1. The molecule has 0 atom stereocenters. The maximum absolute atomic E-state index is 10.4. The zero-order chi connectivity index (χ0) is 18.3. The first-order valence-electron chi connectivity index (χ1n) is 9.17. The van der Waals surface area contributed by atoms with Crippen molar-refractivity contribution in [1.82, 2.24) is 30.0 Å². The number of phenols is 1. The fourth-order valence-corrected chi connectivity index (χ4v) is 3.67. The summed E-state index contributed by atoms with van der Waals surface area (Å²) in [6, 6.07) is 5.35. The molecule has 2 aromatic heterocycles. The second-order valence-corrected chi connectivity index (χ2v) is 7.31. The lowest BCUT2D eigenvalue weighted by Crippen LogP contribution is -2.36. The zero-order valence-electron chi connectivity index (χ0n) is 14.8. The van der Waals surface area contributed by atoms with Crippen LogP contribution < -0.4 is 5.32 Å². The van der Waals surface area contributed by atoms with Gasteiger partial charge in [0, 0.05) is 24.0 Å². The van der Waals surface area contributed by atoms with E-state index in [0.717, 1.165) is 30.8 Å². The van der Waals surface area contributed by atoms with Crippen LogP contribution in [-0.4, -0.2) is 41.9 Å². The highest BCUT2D eigenvalue weighted by atomic mass is 16.3. The van der Waals surface area contributed by atoms with Gasteiger partial charge in [0.05, 0.1) is 23.8 Å². The number of benzene rings is 1. The summed E-state index contributed by atoms with van der Waals surface area (Å²) in [4.78, 5) is 8.42. The molecule has 0 unspecified atom stereocenters. The predicted octanol–water partition coefficient (Wildman–Crippen LogP) is 2.73. The summed E-state index contributed by atoms with van der Waals surface area (Å²) < 4.78 is 1.82. The van der Waals surface area contributed by atoms with Crippen molar-refractivity contribution in [2.24, 2.45) is 0 Å². The van der Waals surface area contributed by atoms with Crippen LogP contribution in [-0.2, 0) is 0 Å². The van der Waals surface area contributed by atoms with E-state index in [9.17, 15) is 5.11 Å². The SMILES string of the molecule is Oc1cc(-n2ccnc2)ccc1-c1ncc(C=C2CCNC3(CC3)C2)nn1. The number of aromatic hydroxyl groups is 1. The van der Waals surface area contributed by atoms with Crippen molar-refractivity contribution in [1.29, 1.82) is 0 Å². The Kier molecular flexibility index (Phi) is 3.75. The fraction of sp³-hybridized carbons (Fsp3) is 0.300. The van der Waals surface area contributed by atoms with Gasteiger partial charge in [-0.1, -0.05) is 5.57 Å². The number of piperidine rings is 1. The topological polar surface area (TPSA) is 88.8 Å². The van der Waals surface area contributed by atoms with Crippen molar-refractivity contribution in [2.75, 3.05) is 6.54 Å². The van der Waals surface area contributed by atoms with Crippen molar-refractivity contribution >= 4 is 6.08 Å². The molecule has 0 radical (unpaired) electrons. The van der Waals surface area contributed by atoms with Gasteiger partial charge in [0.2, 0.25) is 0 Å². The van der Waals surface area contributed by atoms with Gasteiger partial charge in [-0.3, -0.25) is 0 Å². The highest BCUT2D eigenvalue weighted by Gasteiger charge is 2.44. The minimum absolute atomic E-state index is 0.114. The van der Waals surface area contributed by atoms with Crippen molar-refractivity contribution < 1.29 is 5.11 Å². The molecule has 27 heavy (non-hydrogen) atoms. The van der Waals surface area contributed by atoms with Crippen molar-refractivity contribution in [3.63, 3.8) is 0 Å². The fourth-order valence-electron chi connectivity index (χ4n) is 3.67. The van der Waals surface area contributed by atoms with Crippen LogP contribution in [0.1, 0.15) is 31.4 Å². The summed E-state index contributed by atoms with van der Waals surface area (Å²) >= 11 is 0. The van der Waals surface area contributed by atoms with E-state index < -0.39 is 0 Å². The van der Waals surface area contributed by atoms with E-state index in [-0.39, 0.29) is 5.75 Å². The smallest absolute Gasteiger partial charge is 0.185 e. The molecule has 7 nitrogen and oxygen atoms in total. The van der Waals surface area contributed by atoms with Crippen LogP contribution in [0.15, 0.2) is 48.7 Å². The molecule has 1 aliphatic heterocycles. The van der Waals surface area contributed by atoms with Gasteiger partial charge in [-0.15, -0.1) is 10.2 Å². The predicted molar refractivity (Wildman–Crippen MR) is 101 cm³/mol. The van der Waals surface area contributed by atoms with Crippen LogP contribution in [0.4, 0.5) is 0 Å². The van der Waals surface area contributed by atoms with Crippen LogP contribution >= 0.6 is 0 Å². The summed E-state index contributed by atoms with van der Waals surface area (Å²) in [5.74, 6) is 0.527. The van der Waals surface area contributed by atoms with Gasteiger partial charge in [0.1, 0.15) is 11.4 Å². The Hall–Kier alpha value is -3.06. The average molecular weight is 360 g/mol. The number of hydrogen-bond acceptors (Lipinski definition) is 6. The minimum atomic E-state index is 0.114. The molecule has 7 heteroatoms. The second-order valence-electron chi connectivity index (χ2n) is 7.31. The molecule has 1 saturated heterocycles. The molecule has 0 amide bonds. The van der Waals surface area contributed by atoms with E-state index >= 15 is 0 Å². The summed E-state index contributed by atoms with van der Waals surface area (Å²) in [6.07, 6.45) is 13.7. The van der Waals surface area contributed by atoms with E-state index in [2.05, 4.69) is 31.6 Å². The third kappa shape index (κ3) is 3.21. The lowest BCUT2D eigenvalue weighted by molar-refractivity contribution is 0.449. The first kappa shape index (κ1) is 16.1. The van der Waals surface area contributed by atoms with Gasteiger partial charge < -0.3 is 15.0 Å². The van der Waals surface area contributed by atoms with Gasteiger partial charge in [0.15, 0.2) is 5.82 Å². The Balaban J connectivity index is 1.37. The highest BCUT2D eigenvalue weighted by Crippen LogP contribution is 2.44. The number of aromatic nitrogens is 5. The molecule has 1 spiro atoms. The van der Waals surface area contributed by atoms with Gasteiger partial charge in [0.25, 0.3) is 0 Å². The van der Waals surface area contributed by atoms with E-state index in [1.165, 1.54) is 18.4 Å². The number of rotatable bonds is 3. The monoisotopic (exact) mass is 360 g/mol. The molecule has 0 bridgehead atoms. The molecular weight excluding hydrogens is 340 g/mol. The van der Waals surface area contributed by atoms with Gasteiger partial charge in [-0.2, -0.15) is 0 Å². The Morgan fingerprint density at radius 1 is 1.22 bits per heavy atom. The molecule has 1 saturated carbocycles. The molecule has 2 aliphatic rings. The first-order chi connectivity index (χ1) is 13.2. The molecule has 2 fully saturated rings. The van der Waals surface area contributed by atoms with Crippen molar-refractivity contribution in [3.8, 4) is 22.8 Å². The molecule has 3 aromatic rings. The van der Waals surface area contributed by atoms with Crippen LogP contribution in [0, 0.1) is 0 Å². The van der Waals surface area contributed by atoms with Crippen LogP contribution in [0.2, 0.25) is 0 Å². The maximum Gasteiger partial charge on any atom is 0.185 e. The van der Waals surface area contributed by atoms with E-state index in [1.54, 1.807) is 30.9 Å². The molecule has 2 N–H and O–H groups in total. The van der Waals surface area contributed by atoms with Crippen LogP contribution in [0.5, 0.6) is 5.75 Å². The third-order valence-electron chi connectivity index (χ3n) is 5.32. The molecule has 136 valence electrons. The average Bonchev–Trinajstić information content (AvgIpc) is 3.20. The number of nitrogens with zero attached hydrogens (tertiary/aromatic N) is 5. The van der Waals surface area contributed by atoms with E-state index in [0.29, 0.717) is 16.9 Å². The Bertz CT molecular complexity index is 990. The van der Waals surface area contributed by atoms with Gasteiger partial charge in [-0.05, 0) is 50.4 Å². The molecule has 1 aromatic carbocycles.